The van der Waals surface area contributed by atoms with Gasteiger partial charge in [-0.25, -0.2) is 0 Å². The molecule has 2 fully saturated rings. The molecule has 3 rings (SSSR count). The summed E-state index contributed by atoms with van der Waals surface area (Å²) in [4.78, 5) is 14.8. The normalized spacial score (nSPS) is 33.0. The molecule has 1 amide bonds. The van der Waals surface area contributed by atoms with Crippen molar-refractivity contribution in [3.8, 4) is 0 Å². The molecule has 1 saturated carbocycles. The number of amides is 1. The number of hydrogen-bond donors (Lipinski definition) is 1. The molecular formula is C18H26N2O. The molecule has 2 aliphatic rings. The highest BCUT2D eigenvalue weighted by Gasteiger charge is 2.43. The van der Waals surface area contributed by atoms with Gasteiger partial charge in [0.15, 0.2) is 0 Å². The Kier molecular flexibility index (Phi) is 3.78. The van der Waals surface area contributed by atoms with Crippen LogP contribution in [0.5, 0.6) is 0 Å². The standard InChI is InChI=1S/C18H26N2O/c1-11-6-8-15(9-11)20-17(19-14(4)18(20)21)16-10-12(2)5-7-13(16)3/h5,7,10-11,14-15,17,19H,6,8-9H2,1-4H3. The molecule has 21 heavy (non-hydrogen) atoms. The van der Waals surface area contributed by atoms with E-state index >= 15 is 0 Å². The van der Waals surface area contributed by atoms with E-state index in [1.807, 2.05) is 6.92 Å². The van der Waals surface area contributed by atoms with Crippen LogP contribution >= 0.6 is 0 Å². The lowest BCUT2D eigenvalue weighted by molar-refractivity contribution is -0.132. The van der Waals surface area contributed by atoms with Crippen molar-refractivity contribution in [1.29, 1.82) is 0 Å². The molecule has 0 radical (unpaired) electrons. The number of nitrogens with one attached hydrogen (secondary N) is 1. The van der Waals surface area contributed by atoms with Crippen molar-refractivity contribution in [3.05, 3.63) is 34.9 Å². The summed E-state index contributed by atoms with van der Waals surface area (Å²) in [6, 6.07) is 6.85. The van der Waals surface area contributed by atoms with E-state index in [-0.39, 0.29) is 18.1 Å². The number of rotatable bonds is 2. The third-order valence-corrected chi connectivity index (χ3v) is 5.10. The zero-order chi connectivity index (χ0) is 15.1. The van der Waals surface area contributed by atoms with Crippen LogP contribution in [0.3, 0.4) is 0 Å². The maximum atomic E-state index is 12.6. The monoisotopic (exact) mass is 286 g/mol. The van der Waals surface area contributed by atoms with Crippen LogP contribution in [0.2, 0.25) is 0 Å². The second-order valence-electron chi connectivity index (χ2n) is 6.97. The molecule has 0 aromatic heterocycles. The average molecular weight is 286 g/mol. The molecule has 1 aromatic rings. The Morgan fingerprint density at radius 3 is 2.62 bits per heavy atom. The minimum Gasteiger partial charge on any atom is -0.319 e. The molecule has 0 bridgehead atoms. The molecule has 4 atom stereocenters. The first-order valence-corrected chi connectivity index (χ1v) is 8.12. The third kappa shape index (κ3) is 2.59. The lowest BCUT2D eigenvalue weighted by Crippen LogP contribution is -2.39. The Morgan fingerprint density at radius 2 is 1.95 bits per heavy atom. The lowest BCUT2D eigenvalue weighted by Gasteiger charge is -2.31. The quantitative estimate of drug-likeness (QED) is 0.904. The predicted molar refractivity (Wildman–Crippen MR) is 84.9 cm³/mol. The van der Waals surface area contributed by atoms with Gasteiger partial charge in [-0.3, -0.25) is 10.1 Å². The molecular weight excluding hydrogens is 260 g/mol. The number of carbonyl (C=O) groups excluding carboxylic acids is 1. The number of nitrogens with zero attached hydrogens (tertiary/aromatic N) is 1. The summed E-state index contributed by atoms with van der Waals surface area (Å²) in [5, 5.41) is 3.51. The fourth-order valence-corrected chi connectivity index (χ4v) is 3.85. The number of benzene rings is 1. The van der Waals surface area contributed by atoms with Crippen LogP contribution in [0.25, 0.3) is 0 Å². The minimum absolute atomic E-state index is 0.0442. The molecule has 3 heteroatoms. The second kappa shape index (κ2) is 5.45. The zero-order valence-electron chi connectivity index (χ0n) is 13.5. The van der Waals surface area contributed by atoms with E-state index in [1.54, 1.807) is 0 Å². The zero-order valence-corrected chi connectivity index (χ0v) is 13.5. The van der Waals surface area contributed by atoms with Gasteiger partial charge in [-0.05, 0) is 57.1 Å². The molecule has 1 heterocycles. The second-order valence-corrected chi connectivity index (χ2v) is 6.97. The van der Waals surface area contributed by atoms with Gasteiger partial charge < -0.3 is 4.90 Å². The Morgan fingerprint density at radius 1 is 1.19 bits per heavy atom. The molecule has 1 aliphatic heterocycles. The topological polar surface area (TPSA) is 32.3 Å². The fourth-order valence-electron chi connectivity index (χ4n) is 3.85. The van der Waals surface area contributed by atoms with Crippen LogP contribution in [0, 0.1) is 19.8 Å². The van der Waals surface area contributed by atoms with E-state index in [4.69, 9.17) is 0 Å². The highest BCUT2D eigenvalue weighted by Crippen LogP contribution is 2.37. The smallest absolute Gasteiger partial charge is 0.241 e. The maximum Gasteiger partial charge on any atom is 0.241 e. The molecule has 1 aliphatic carbocycles. The maximum absolute atomic E-state index is 12.6. The van der Waals surface area contributed by atoms with Crippen molar-refractivity contribution in [3.63, 3.8) is 0 Å². The third-order valence-electron chi connectivity index (χ3n) is 5.10. The molecule has 0 spiro atoms. The molecule has 1 saturated heterocycles. The SMILES string of the molecule is Cc1ccc(C)c(C2NC(C)C(=O)N2C2CCC(C)C2)c1. The molecule has 3 nitrogen and oxygen atoms in total. The van der Waals surface area contributed by atoms with E-state index in [0.717, 1.165) is 18.8 Å². The average Bonchev–Trinajstić information content (AvgIpc) is 2.98. The van der Waals surface area contributed by atoms with Crippen molar-refractivity contribution in [1.82, 2.24) is 10.2 Å². The number of aryl methyl sites for hydroxylation is 2. The van der Waals surface area contributed by atoms with Gasteiger partial charge >= 0.3 is 0 Å². The Hall–Kier alpha value is -1.35. The predicted octanol–water partition coefficient (Wildman–Crippen LogP) is 3.31. The highest BCUT2D eigenvalue weighted by molar-refractivity contribution is 5.84. The summed E-state index contributed by atoms with van der Waals surface area (Å²) >= 11 is 0. The van der Waals surface area contributed by atoms with Crippen LogP contribution < -0.4 is 5.32 Å². The fraction of sp³-hybridized carbons (Fsp3) is 0.611. The Labute approximate surface area is 127 Å². The first kappa shape index (κ1) is 14.6. The highest BCUT2D eigenvalue weighted by atomic mass is 16.2. The van der Waals surface area contributed by atoms with Gasteiger partial charge in [-0.2, -0.15) is 0 Å². The Balaban J connectivity index is 1.95. The first-order valence-electron chi connectivity index (χ1n) is 8.12. The van der Waals surface area contributed by atoms with E-state index in [1.165, 1.54) is 23.1 Å². The first-order chi connectivity index (χ1) is 9.97. The number of hydrogen-bond acceptors (Lipinski definition) is 2. The van der Waals surface area contributed by atoms with Crippen molar-refractivity contribution in [2.24, 2.45) is 5.92 Å². The van der Waals surface area contributed by atoms with E-state index in [2.05, 4.69) is 49.2 Å². The molecule has 4 unspecified atom stereocenters. The van der Waals surface area contributed by atoms with Gasteiger partial charge in [0, 0.05) is 6.04 Å². The van der Waals surface area contributed by atoms with Crippen molar-refractivity contribution >= 4 is 5.91 Å². The molecule has 1 N–H and O–H groups in total. The van der Waals surface area contributed by atoms with Crippen molar-refractivity contribution < 1.29 is 4.79 Å². The van der Waals surface area contributed by atoms with Crippen molar-refractivity contribution in [2.75, 3.05) is 0 Å². The molecule has 1 aromatic carbocycles. The van der Waals surface area contributed by atoms with E-state index < -0.39 is 0 Å². The summed E-state index contributed by atoms with van der Waals surface area (Å²) in [7, 11) is 0. The van der Waals surface area contributed by atoms with Gasteiger partial charge in [0.1, 0.15) is 6.17 Å². The summed E-state index contributed by atoms with van der Waals surface area (Å²) in [5.74, 6) is 0.998. The van der Waals surface area contributed by atoms with E-state index in [9.17, 15) is 4.79 Å². The van der Waals surface area contributed by atoms with Gasteiger partial charge in [0.25, 0.3) is 0 Å². The summed E-state index contributed by atoms with van der Waals surface area (Å²) in [6.07, 6.45) is 3.56. The summed E-state index contributed by atoms with van der Waals surface area (Å²) in [6.45, 7) is 8.54. The minimum atomic E-state index is -0.0779. The van der Waals surface area contributed by atoms with Gasteiger partial charge in [-0.1, -0.05) is 30.7 Å². The summed E-state index contributed by atoms with van der Waals surface area (Å²) in [5.41, 5.74) is 3.77. The van der Waals surface area contributed by atoms with Crippen molar-refractivity contribution in [2.45, 2.75) is 65.2 Å². The van der Waals surface area contributed by atoms with Gasteiger partial charge in [0.2, 0.25) is 5.91 Å². The van der Waals surface area contributed by atoms with Crippen LogP contribution in [0.15, 0.2) is 18.2 Å². The van der Waals surface area contributed by atoms with Gasteiger partial charge in [0.05, 0.1) is 6.04 Å². The summed E-state index contributed by atoms with van der Waals surface area (Å²) < 4.78 is 0. The largest absolute Gasteiger partial charge is 0.319 e. The Bertz CT molecular complexity index is 554. The lowest BCUT2D eigenvalue weighted by atomic mass is 10.0. The van der Waals surface area contributed by atoms with Crippen LogP contribution in [-0.2, 0) is 4.79 Å². The van der Waals surface area contributed by atoms with E-state index in [0.29, 0.717) is 6.04 Å². The molecule has 114 valence electrons. The van der Waals surface area contributed by atoms with Crippen LogP contribution in [0.4, 0.5) is 0 Å². The van der Waals surface area contributed by atoms with Crippen LogP contribution in [-0.4, -0.2) is 22.9 Å². The van der Waals surface area contributed by atoms with Gasteiger partial charge in [-0.15, -0.1) is 0 Å². The number of carbonyl (C=O) groups is 1. The van der Waals surface area contributed by atoms with Crippen LogP contribution in [0.1, 0.15) is 56.0 Å².